The van der Waals surface area contributed by atoms with E-state index in [0.29, 0.717) is 0 Å². The van der Waals surface area contributed by atoms with Gasteiger partial charge < -0.3 is 4.74 Å². The lowest BCUT2D eigenvalue weighted by Gasteiger charge is -2.05. The third-order valence-corrected chi connectivity index (χ3v) is 3.77. The zero-order valence-electron chi connectivity index (χ0n) is 15.3. The van der Waals surface area contributed by atoms with Crippen LogP contribution in [0.15, 0.2) is 48.5 Å². The van der Waals surface area contributed by atoms with Crippen molar-refractivity contribution in [2.45, 2.75) is 46.0 Å². The van der Waals surface area contributed by atoms with Gasteiger partial charge in [0.15, 0.2) is 0 Å². The van der Waals surface area contributed by atoms with E-state index >= 15 is 0 Å². The average Bonchev–Trinajstić information content (AvgIpc) is 2.66. The van der Waals surface area contributed by atoms with Gasteiger partial charge in [0.05, 0.1) is 6.61 Å². The number of rotatable bonds is 6. The second-order valence-electron chi connectivity index (χ2n) is 5.92. The van der Waals surface area contributed by atoms with Crippen LogP contribution in [0.2, 0.25) is 0 Å². The van der Waals surface area contributed by atoms with Gasteiger partial charge in [-0.3, -0.25) is 0 Å². The molecule has 0 amide bonds. The van der Waals surface area contributed by atoms with Crippen molar-refractivity contribution >= 4 is 0 Å². The fraction of sp³-hybridized carbons (Fsp3) is 0.333. The number of hydrogen-bond acceptors (Lipinski definition) is 1. The summed E-state index contributed by atoms with van der Waals surface area (Å²) < 4.78 is 5.75. The largest absolute Gasteiger partial charge is 0.494 e. The van der Waals surface area contributed by atoms with Crippen LogP contribution in [-0.4, -0.2) is 6.61 Å². The van der Waals surface area contributed by atoms with E-state index in [1.54, 1.807) is 0 Å². The van der Waals surface area contributed by atoms with Gasteiger partial charge in [0.2, 0.25) is 0 Å². The Hall–Kier alpha value is -2.64. The maximum atomic E-state index is 5.75. The molecule has 0 spiro atoms. The van der Waals surface area contributed by atoms with E-state index < -0.39 is 0 Å². The van der Waals surface area contributed by atoms with E-state index in [1.807, 2.05) is 48.5 Å². The molecule has 2 aromatic rings. The number of ether oxygens (including phenoxy) is 1. The van der Waals surface area contributed by atoms with Crippen molar-refractivity contribution in [1.82, 2.24) is 0 Å². The number of unbranched alkanes of at least 4 members (excludes halogenated alkanes) is 3. The van der Waals surface area contributed by atoms with Crippen LogP contribution < -0.4 is 4.74 Å². The molecule has 0 atom stereocenters. The van der Waals surface area contributed by atoms with Crippen molar-refractivity contribution in [3.63, 3.8) is 0 Å². The normalized spacial score (nSPS) is 9.52. The number of hydrogen-bond donors (Lipinski definition) is 0. The Balaban J connectivity index is 1.88. The van der Waals surface area contributed by atoms with Crippen LogP contribution in [0.25, 0.3) is 0 Å². The Kier molecular flexibility index (Phi) is 8.23. The predicted octanol–water partition coefficient (Wildman–Crippen LogP) is 5.81. The van der Waals surface area contributed by atoms with Gasteiger partial charge in [-0.1, -0.05) is 56.8 Å². The molecule has 0 unspecified atom stereocenters. The number of benzene rings is 2. The highest BCUT2D eigenvalue weighted by atomic mass is 16.5. The Morgan fingerprint density at radius 3 is 1.80 bits per heavy atom. The summed E-state index contributed by atoms with van der Waals surface area (Å²) in [5.74, 6) is 13.5. The topological polar surface area (TPSA) is 9.23 Å². The van der Waals surface area contributed by atoms with E-state index in [2.05, 4.69) is 37.5 Å². The van der Waals surface area contributed by atoms with Crippen LogP contribution >= 0.6 is 0 Å². The maximum Gasteiger partial charge on any atom is 0.119 e. The first-order valence-corrected chi connectivity index (χ1v) is 9.15. The zero-order valence-corrected chi connectivity index (χ0v) is 15.3. The van der Waals surface area contributed by atoms with Gasteiger partial charge in [0, 0.05) is 23.1 Å². The average molecular weight is 330 g/mol. The predicted molar refractivity (Wildman–Crippen MR) is 106 cm³/mol. The highest BCUT2D eigenvalue weighted by molar-refractivity contribution is 5.46. The molecule has 0 saturated heterocycles. The van der Waals surface area contributed by atoms with Gasteiger partial charge in [-0.15, -0.1) is 0 Å². The standard InChI is InChI=1S/C24H26O/c1-3-5-7-8-20-25-24-18-16-23(17-19-24)15-14-22-12-10-21(11-13-22)9-6-4-2/h10-13,16-19H,3-5,7-8,20H2,1-2H3. The summed E-state index contributed by atoms with van der Waals surface area (Å²) in [6.07, 6.45) is 5.77. The lowest BCUT2D eigenvalue weighted by molar-refractivity contribution is 0.305. The third-order valence-electron chi connectivity index (χ3n) is 3.77. The van der Waals surface area contributed by atoms with Crippen molar-refractivity contribution in [2.75, 3.05) is 6.61 Å². The van der Waals surface area contributed by atoms with Gasteiger partial charge in [0.1, 0.15) is 5.75 Å². The second-order valence-corrected chi connectivity index (χ2v) is 5.92. The summed E-state index contributed by atoms with van der Waals surface area (Å²) in [6.45, 7) is 5.06. The summed E-state index contributed by atoms with van der Waals surface area (Å²) in [6, 6.07) is 16.1. The summed E-state index contributed by atoms with van der Waals surface area (Å²) >= 11 is 0. The van der Waals surface area contributed by atoms with Gasteiger partial charge in [-0.2, -0.15) is 0 Å². The molecule has 0 aliphatic rings. The van der Waals surface area contributed by atoms with E-state index in [4.69, 9.17) is 4.74 Å². The lowest BCUT2D eigenvalue weighted by atomic mass is 10.1. The Morgan fingerprint density at radius 2 is 1.24 bits per heavy atom. The van der Waals surface area contributed by atoms with Crippen molar-refractivity contribution in [3.05, 3.63) is 65.2 Å². The molecular formula is C24H26O. The van der Waals surface area contributed by atoms with Gasteiger partial charge in [-0.05, 0) is 55.0 Å². The summed E-state index contributed by atoms with van der Waals surface area (Å²) in [7, 11) is 0. The molecule has 0 saturated carbocycles. The second kappa shape index (κ2) is 11.0. The SMILES string of the molecule is CCC#Cc1ccc(C#Cc2ccc(OCCCCCC)cc2)cc1. The molecule has 2 aromatic carbocycles. The molecule has 0 radical (unpaired) electrons. The molecule has 0 aliphatic heterocycles. The van der Waals surface area contributed by atoms with Crippen LogP contribution in [0.5, 0.6) is 5.75 Å². The summed E-state index contributed by atoms with van der Waals surface area (Å²) in [5.41, 5.74) is 3.03. The fourth-order valence-corrected chi connectivity index (χ4v) is 2.33. The van der Waals surface area contributed by atoms with Crippen molar-refractivity contribution in [3.8, 4) is 29.4 Å². The molecule has 2 rings (SSSR count). The van der Waals surface area contributed by atoms with E-state index in [9.17, 15) is 0 Å². The summed E-state index contributed by atoms with van der Waals surface area (Å²) in [4.78, 5) is 0. The van der Waals surface area contributed by atoms with E-state index in [0.717, 1.165) is 41.9 Å². The van der Waals surface area contributed by atoms with Gasteiger partial charge in [0.25, 0.3) is 0 Å². The van der Waals surface area contributed by atoms with Crippen molar-refractivity contribution in [2.24, 2.45) is 0 Å². The molecule has 0 N–H and O–H groups in total. The minimum atomic E-state index is 0.790. The van der Waals surface area contributed by atoms with Crippen molar-refractivity contribution in [1.29, 1.82) is 0 Å². The molecular weight excluding hydrogens is 304 g/mol. The Bertz CT molecular complexity index is 746. The fourth-order valence-electron chi connectivity index (χ4n) is 2.33. The summed E-state index contributed by atoms with van der Waals surface area (Å²) in [5, 5.41) is 0. The van der Waals surface area contributed by atoms with Crippen LogP contribution in [0.4, 0.5) is 0 Å². The highest BCUT2D eigenvalue weighted by Crippen LogP contribution is 2.13. The molecule has 0 aromatic heterocycles. The third kappa shape index (κ3) is 7.19. The van der Waals surface area contributed by atoms with Crippen molar-refractivity contribution < 1.29 is 4.74 Å². The van der Waals surface area contributed by atoms with Gasteiger partial charge in [-0.25, -0.2) is 0 Å². The van der Waals surface area contributed by atoms with Crippen LogP contribution in [0.1, 0.15) is 62.6 Å². The highest BCUT2D eigenvalue weighted by Gasteiger charge is 1.95. The molecule has 0 heterocycles. The lowest BCUT2D eigenvalue weighted by Crippen LogP contribution is -1.96. The minimum absolute atomic E-state index is 0.790. The van der Waals surface area contributed by atoms with E-state index in [1.165, 1.54) is 19.3 Å². The van der Waals surface area contributed by atoms with E-state index in [-0.39, 0.29) is 0 Å². The Labute approximate surface area is 152 Å². The zero-order chi connectivity index (χ0) is 17.7. The van der Waals surface area contributed by atoms with Crippen LogP contribution in [-0.2, 0) is 0 Å². The van der Waals surface area contributed by atoms with Gasteiger partial charge >= 0.3 is 0 Å². The monoisotopic (exact) mass is 330 g/mol. The molecule has 0 aliphatic carbocycles. The quantitative estimate of drug-likeness (QED) is 0.480. The molecule has 25 heavy (non-hydrogen) atoms. The molecule has 1 nitrogen and oxygen atoms in total. The molecule has 0 bridgehead atoms. The molecule has 128 valence electrons. The molecule has 1 heteroatoms. The maximum absolute atomic E-state index is 5.75. The smallest absolute Gasteiger partial charge is 0.119 e. The first-order chi connectivity index (χ1) is 12.3. The first-order valence-electron chi connectivity index (χ1n) is 9.15. The molecule has 0 fully saturated rings. The first kappa shape index (κ1) is 18.7. The van der Waals surface area contributed by atoms with Crippen LogP contribution in [0, 0.1) is 23.7 Å². The van der Waals surface area contributed by atoms with Crippen LogP contribution in [0.3, 0.4) is 0 Å². The Morgan fingerprint density at radius 1 is 0.680 bits per heavy atom. The minimum Gasteiger partial charge on any atom is -0.494 e.